The molecule has 1 aliphatic rings. The van der Waals surface area contributed by atoms with Crippen LogP contribution in [0.1, 0.15) is 13.8 Å². The number of rotatable bonds is 1. The van der Waals surface area contributed by atoms with Crippen molar-refractivity contribution >= 4 is 14.2 Å². The van der Waals surface area contributed by atoms with E-state index in [1.54, 1.807) is 13.8 Å². The number of carboxylic acids is 1. The van der Waals surface area contributed by atoms with E-state index >= 15 is 0 Å². The number of carbonyl (C=O) groups is 1. The molecule has 0 spiro atoms. The quantitative estimate of drug-likeness (QED) is 0.628. The molecule has 2 unspecified atom stereocenters. The Morgan fingerprint density at radius 1 is 1.67 bits per heavy atom. The van der Waals surface area contributed by atoms with Gasteiger partial charge in [0.2, 0.25) is 0 Å². The molecule has 0 amide bonds. The predicted octanol–water partition coefficient (Wildman–Crippen LogP) is 0.902. The van der Waals surface area contributed by atoms with Crippen LogP contribution in [-0.2, 0) is 18.4 Å². The molecule has 0 aromatic rings. The topological polar surface area (TPSA) is 72.8 Å². The predicted molar refractivity (Wildman–Crippen MR) is 41.2 cm³/mol. The molecule has 0 aromatic carbocycles. The van der Waals surface area contributed by atoms with Crippen molar-refractivity contribution in [3.63, 3.8) is 0 Å². The third kappa shape index (κ3) is 1.86. The number of aliphatic carboxylic acids is 1. The molecule has 6 heteroatoms. The van der Waals surface area contributed by atoms with Crippen LogP contribution < -0.4 is 0 Å². The molecule has 0 aromatic heterocycles. The molecule has 0 saturated carbocycles. The van der Waals surface area contributed by atoms with Crippen molar-refractivity contribution in [3.8, 4) is 0 Å². The Kier molecular flexibility index (Phi) is 2.56. The van der Waals surface area contributed by atoms with Gasteiger partial charge >= 0.3 is 14.2 Å². The standard InChI is InChI=1S/C6H11O5P/c1-6(2)3-10-12(9)11-4(6)5(7)8/h4,12H,3H2,1-2H3,(H,7,8). The van der Waals surface area contributed by atoms with E-state index in [4.69, 9.17) is 9.63 Å². The summed E-state index contributed by atoms with van der Waals surface area (Å²) < 4.78 is 20.2. The fourth-order valence-corrected chi connectivity index (χ4v) is 2.17. The van der Waals surface area contributed by atoms with Crippen LogP contribution in [0.3, 0.4) is 0 Å². The second kappa shape index (κ2) is 3.17. The fraction of sp³-hybridized carbons (Fsp3) is 0.833. The molecule has 1 fully saturated rings. The zero-order chi connectivity index (χ0) is 9.35. The third-order valence-electron chi connectivity index (χ3n) is 1.71. The van der Waals surface area contributed by atoms with Crippen molar-refractivity contribution in [3.05, 3.63) is 0 Å². The molecule has 0 aliphatic carbocycles. The first-order valence-corrected chi connectivity index (χ1v) is 4.72. The number of carboxylic acid groups (broad SMARTS) is 1. The highest BCUT2D eigenvalue weighted by atomic mass is 31.1. The van der Waals surface area contributed by atoms with E-state index in [0.29, 0.717) is 0 Å². The Morgan fingerprint density at radius 2 is 2.25 bits per heavy atom. The molecule has 1 N–H and O–H groups in total. The average Bonchev–Trinajstić information content (AvgIpc) is 1.94. The van der Waals surface area contributed by atoms with Gasteiger partial charge in [-0.3, -0.25) is 9.09 Å². The average molecular weight is 194 g/mol. The van der Waals surface area contributed by atoms with Gasteiger partial charge in [0.25, 0.3) is 0 Å². The monoisotopic (exact) mass is 194 g/mol. The van der Waals surface area contributed by atoms with Crippen LogP contribution in [0.15, 0.2) is 0 Å². The van der Waals surface area contributed by atoms with E-state index in [0.717, 1.165) is 0 Å². The minimum atomic E-state index is -2.59. The van der Waals surface area contributed by atoms with Gasteiger partial charge in [-0.2, -0.15) is 0 Å². The zero-order valence-electron chi connectivity index (χ0n) is 6.86. The summed E-state index contributed by atoms with van der Waals surface area (Å²) in [4.78, 5) is 10.6. The van der Waals surface area contributed by atoms with Gasteiger partial charge in [-0.15, -0.1) is 0 Å². The normalized spacial score (nSPS) is 34.5. The second-order valence-electron chi connectivity index (χ2n) is 3.36. The largest absolute Gasteiger partial charge is 0.479 e. The fourth-order valence-electron chi connectivity index (χ4n) is 0.995. The van der Waals surface area contributed by atoms with Gasteiger partial charge in [-0.25, -0.2) is 4.79 Å². The number of hydrogen-bond donors (Lipinski definition) is 1. The highest BCUT2D eigenvalue weighted by molar-refractivity contribution is 7.33. The van der Waals surface area contributed by atoms with Gasteiger partial charge in [-0.05, 0) is 0 Å². The Hall–Kier alpha value is -0.380. The molecule has 70 valence electrons. The van der Waals surface area contributed by atoms with Crippen molar-refractivity contribution in [1.29, 1.82) is 0 Å². The van der Waals surface area contributed by atoms with Crippen LogP contribution in [0.2, 0.25) is 0 Å². The third-order valence-corrected chi connectivity index (χ3v) is 2.52. The maximum absolute atomic E-state index is 10.7. The van der Waals surface area contributed by atoms with Crippen molar-refractivity contribution in [2.45, 2.75) is 20.0 Å². The summed E-state index contributed by atoms with van der Waals surface area (Å²) in [6.45, 7) is 3.54. The van der Waals surface area contributed by atoms with E-state index in [2.05, 4.69) is 4.52 Å². The molecule has 12 heavy (non-hydrogen) atoms. The van der Waals surface area contributed by atoms with Crippen molar-refractivity contribution in [1.82, 2.24) is 0 Å². The van der Waals surface area contributed by atoms with E-state index in [1.807, 2.05) is 0 Å². The van der Waals surface area contributed by atoms with Crippen LogP contribution in [0.4, 0.5) is 0 Å². The minimum absolute atomic E-state index is 0.155. The Morgan fingerprint density at radius 3 is 2.67 bits per heavy atom. The van der Waals surface area contributed by atoms with E-state index in [9.17, 15) is 9.36 Å². The molecular weight excluding hydrogens is 183 g/mol. The highest BCUT2D eigenvalue weighted by Gasteiger charge is 2.41. The summed E-state index contributed by atoms with van der Waals surface area (Å²) in [5.74, 6) is -1.10. The first-order chi connectivity index (χ1) is 5.43. The van der Waals surface area contributed by atoms with Crippen molar-refractivity contribution < 1.29 is 23.5 Å². The molecule has 5 nitrogen and oxygen atoms in total. The Balaban J connectivity index is 2.78. The molecule has 0 radical (unpaired) electrons. The summed E-state index contributed by atoms with van der Waals surface area (Å²) >= 11 is 0. The summed E-state index contributed by atoms with van der Waals surface area (Å²) in [6.07, 6.45) is -1.03. The van der Waals surface area contributed by atoms with Crippen molar-refractivity contribution in [2.24, 2.45) is 5.41 Å². The SMILES string of the molecule is CC1(C)CO[PH](=O)OC1C(=O)O. The summed E-state index contributed by atoms with van der Waals surface area (Å²) in [5.41, 5.74) is -0.621. The van der Waals surface area contributed by atoms with Crippen LogP contribution in [0, 0.1) is 5.41 Å². The summed E-state index contributed by atoms with van der Waals surface area (Å²) in [7, 11) is -2.59. The van der Waals surface area contributed by atoms with Gasteiger partial charge < -0.3 is 9.63 Å². The molecule has 1 heterocycles. The van der Waals surface area contributed by atoms with Crippen LogP contribution in [-0.4, -0.2) is 23.8 Å². The van der Waals surface area contributed by atoms with Gasteiger partial charge in [0.15, 0.2) is 6.10 Å². The lowest BCUT2D eigenvalue weighted by Crippen LogP contribution is -2.43. The first-order valence-electron chi connectivity index (χ1n) is 3.50. The lowest BCUT2D eigenvalue weighted by molar-refractivity contribution is -0.155. The molecule has 1 aliphatic heterocycles. The van der Waals surface area contributed by atoms with E-state index in [-0.39, 0.29) is 6.61 Å². The number of hydrogen-bond acceptors (Lipinski definition) is 4. The molecule has 0 bridgehead atoms. The summed E-state index contributed by atoms with van der Waals surface area (Å²) in [6, 6.07) is 0. The van der Waals surface area contributed by atoms with Gasteiger partial charge in [0, 0.05) is 5.41 Å². The smallest absolute Gasteiger partial charge is 0.334 e. The second-order valence-corrected chi connectivity index (χ2v) is 4.39. The molecule has 2 atom stereocenters. The first kappa shape index (κ1) is 9.71. The lowest BCUT2D eigenvalue weighted by atomic mass is 9.88. The summed E-state index contributed by atoms with van der Waals surface area (Å²) in [5, 5.41) is 8.69. The lowest BCUT2D eigenvalue weighted by Gasteiger charge is -2.34. The van der Waals surface area contributed by atoms with Crippen molar-refractivity contribution in [2.75, 3.05) is 6.61 Å². The van der Waals surface area contributed by atoms with Crippen LogP contribution >= 0.6 is 8.25 Å². The van der Waals surface area contributed by atoms with Gasteiger partial charge in [0.1, 0.15) is 0 Å². The maximum Gasteiger partial charge on any atom is 0.334 e. The zero-order valence-corrected chi connectivity index (χ0v) is 7.86. The Bertz CT molecular complexity index is 224. The Labute approximate surface area is 70.6 Å². The molecule has 1 saturated heterocycles. The minimum Gasteiger partial charge on any atom is -0.479 e. The van der Waals surface area contributed by atoms with Crippen LogP contribution in [0.25, 0.3) is 0 Å². The van der Waals surface area contributed by atoms with Crippen LogP contribution in [0.5, 0.6) is 0 Å². The van der Waals surface area contributed by atoms with E-state index in [1.165, 1.54) is 0 Å². The maximum atomic E-state index is 10.7. The van der Waals surface area contributed by atoms with Gasteiger partial charge in [-0.1, -0.05) is 13.8 Å². The van der Waals surface area contributed by atoms with E-state index < -0.39 is 25.7 Å². The molecule has 1 rings (SSSR count). The molecular formula is C6H11O5P. The van der Waals surface area contributed by atoms with Gasteiger partial charge in [0.05, 0.1) is 6.61 Å². The highest BCUT2D eigenvalue weighted by Crippen LogP contribution is 2.41.